The number of H-pyrrole nitrogens is 1. The highest BCUT2D eigenvalue weighted by Crippen LogP contribution is 2.30. The Hall–Kier alpha value is -3.58. The number of anilines is 3. The lowest BCUT2D eigenvalue weighted by molar-refractivity contribution is 0.248. The highest BCUT2D eigenvalue weighted by Gasteiger charge is 2.31. The fourth-order valence-corrected chi connectivity index (χ4v) is 4.65. The molecule has 0 atom stereocenters. The average molecular weight is 427 g/mol. The fourth-order valence-electron chi connectivity index (χ4n) is 4.65. The van der Waals surface area contributed by atoms with Crippen LogP contribution in [-0.2, 0) is 0 Å². The molecular weight excluding hydrogens is 400 g/mol. The molecule has 7 nitrogen and oxygen atoms in total. The van der Waals surface area contributed by atoms with Crippen LogP contribution >= 0.6 is 0 Å². The van der Waals surface area contributed by atoms with Gasteiger partial charge in [-0.3, -0.25) is 14.1 Å². The van der Waals surface area contributed by atoms with Gasteiger partial charge in [-0.05, 0) is 55.3 Å². The van der Waals surface area contributed by atoms with Crippen molar-refractivity contribution in [3.05, 3.63) is 77.5 Å². The van der Waals surface area contributed by atoms with Gasteiger partial charge in [0.25, 0.3) is 0 Å². The normalized spacial score (nSPS) is 17.1. The van der Waals surface area contributed by atoms with Crippen molar-refractivity contribution in [2.45, 2.75) is 18.9 Å². The van der Waals surface area contributed by atoms with Crippen molar-refractivity contribution in [3.63, 3.8) is 0 Å². The second-order valence-corrected chi connectivity index (χ2v) is 8.62. The maximum Gasteiger partial charge on any atom is 0.248 e. The number of piperazine rings is 1. The van der Waals surface area contributed by atoms with E-state index in [1.807, 2.05) is 28.8 Å². The second kappa shape index (κ2) is 7.84. The molecule has 1 aromatic carbocycles. The molecule has 4 aromatic rings. The Balaban J connectivity index is 1.21. The van der Waals surface area contributed by atoms with Crippen LogP contribution in [0.25, 0.3) is 16.9 Å². The third-order valence-electron chi connectivity index (χ3n) is 6.51. The summed E-state index contributed by atoms with van der Waals surface area (Å²) in [6, 6.07) is 17.0. The van der Waals surface area contributed by atoms with Gasteiger partial charge in [-0.2, -0.15) is 0 Å². The van der Waals surface area contributed by atoms with Crippen molar-refractivity contribution in [1.82, 2.24) is 19.3 Å². The first-order chi connectivity index (χ1) is 15.7. The van der Waals surface area contributed by atoms with Gasteiger partial charge in [0.2, 0.25) is 5.56 Å². The first-order valence-corrected chi connectivity index (χ1v) is 11.3. The van der Waals surface area contributed by atoms with E-state index in [1.54, 1.807) is 18.5 Å². The van der Waals surface area contributed by atoms with Gasteiger partial charge in [0.05, 0.1) is 11.4 Å². The Labute approximate surface area is 186 Å². The minimum Gasteiger partial charge on any atom is -0.369 e. The zero-order valence-corrected chi connectivity index (χ0v) is 17.9. The van der Waals surface area contributed by atoms with Crippen molar-refractivity contribution in [2.24, 2.45) is 0 Å². The van der Waals surface area contributed by atoms with E-state index in [1.165, 1.54) is 31.6 Å². The number of aromatic nitrogens is 3. The van der Waals surface area contributed by atoms with Crippen molar-refractivity contribution in [2.75, 3.05) is 36.4 Å². The number of aromatic amines is 1. The zero-order valence-electron chi connectivity index (χ0n) is 17.9. The maximum atomic E-state index is 11.7. The molecule has 32 heavy (non-hydrogen) atoms. The number of hydrogen-bond acceptors (Lipinski definition) is 5. The van der Waals surface area contributed by atoms with Crippen LogP contribution in [0, 0.1) is 0 Å². The molecule has 0 radical (unpaired) electrons. The topological polar surface area (TPSA) is 68.7 Å². The van der Waals surface area contributed by atoms with E-state index < -0.39 is 0 Å². The molecule has 0 amide bonds. The Bertz CT molecular complexity index is 1300. The van der Waals surface area contributed by atoms with Gasteiger partial charge >= 0.3 is 0 Å². The Morgan fingerprint density at radius 2 is 1.78 bits per heavy atom. The van der Waals surface area contributed by atoms with Gasteiger partial charge in [0, 0.05) is 73.8 Å². The van der Waals surface area contributed by atoms with Gasteiger partial charge in [-0.15, -0.1) is 0 Å². The number of hydrogen-bond donors (Lipinski definition) is 2. The molecule has 1 aliphatic heterocycles. The number of rotatable bonds is 5. The first kappa shape index (κ1) is 19.1. The van der Waals surface area contributed by atoms with Crippen LogP contribution in [0.5, 0.6) is 0 Å². The van der Waals surface area contributed by atoms with E-state index in [0.717, 1.165) is 47.4 Å². The summed E-state index contributed by atoms with van der Waals surface area (Å²) in [4.78, 5) is 24.1. The van der Waals surface area contributed by atoms with E-state index in [0.29, 0.717) is 0 Å². The molecule has 2 N–H and O–H groups in total. The van der Waals surface area contributed by atoms with E-state index in [4.69, 9.17) is 0 Å². The molecule has 6 rings (SSSR count). The Kier molecular flexibility index (Phi) is 4.69. The summed E-state index contributed by atoms with van der Waals surface area (Å²) >= 11 is 0. The maximum absolute atomic E-state index is 11.7. The quantitative estimate of drug-likeness (QED) is 0.509. The predicted octanol–water partition coefficient (Wildman–Crippen LogP) is 3.72. The van der Waals surface area contributed by atoms with E-state index in [9.17, 15) is 4.79 Å². The van der Waals surface area contributed by atoms with Crippen LogP contribution in [-0.4, -0.2) is 51.5 Å². The summed E-state index contributed by atoms with van der Waals surface area (Å²) in [6.45, 7) is 4.54. The highest BCUT2D eigenvalue weighted by atomic mass is 16.1. The number of nitrogens with zero attached hydrogens (tertiary/aromatic N) is 4. The summed E-state index contributed by atoms with van der Waals surface area (Å²) in [6.07, 6.45) is 8.13. The second-order valence-electron chi connectivity index (χ2n) is 8.62. The van der Waals surface area contributed by atoms with Crippen LogP contribution < -0.4 is 15.8 Å². The molecule has 0 bridgehead atoms. The van der Waals surface area contributed by atoms with Gasteiger partial charge in [0.1, 0.15) is 0 Å². The fraction of sp³-hybridized carbons (Fsp3) is 0.280. The van der Waals surface area contributed by atoms with Crippen LogP contribution in [0.4, 0.5) is 17.1 Å². The summed E-state index contributed by atoms with van der Waals surface area (Å²) in [5, 5.41) is 3.51. The molecule has 4 heterocycles. The molecule has 2 fully saturated rings. The van der Waals surface area contributed by atoms with Crippen molar-refractivity contribution in [3.8, 4) is 11.3 Å². The lowest BCUT2D eigenvalue weighted by Crippen LogP contribution is -2.47. The van der Waals surface area contributed by atoms with Crippen molar-refractivity contribution < 1.29 is 0 Å². The van der Waals surface area contributed by atoms with Crippen molar-refractivity contribution >= 4 is 22.7 Å². The van der Waals surface area contributed by atoms with Crippen LogP contribution in [0.15, 0.2) is 71.9 Å². The number of pyridine rings is 2. The van der Waals surface area contributed by atoms with E-state index in [2.05, 4.69) is 49.4 Å². The van der Waals surface area contributed by atoms with E-state index in [-0.39, 0.29) is 5.56 Å². The molecular formula is C25H26N6O. The number of imidazole rings is 1. The standard InChI is InChI=1S/C25H26N6O/c32-24-17-18(9-10-26-24)23-8-7-22(25-27-11-12-31(23)25)28-19-1-3-20(4-2-19)29-13-15-30(16-14-29)21-5-6-21/h1-4,7-12,17,21,28H,5-6,13-16H2,(H,26,32). The number of nitrogens with one attached hydrogen (secondary N) is 2. The largest absolute Gasteiger partial charge is 0.369 e. The number of benzene rings is 1. The molecule has 1 aliphatic carbocycles. The van der Waals surface area contributed by atoms with Gasteiger partial charge in [-0.25, -0.2) is 4.98 Å². The summed E-state index contributed by atoms with van der Waals surface area (Å²) in [5.74, 6) is 0. The van der Waals surface area contributed by atoms with Gasteiger partial charge in [-0.1, -0.05) is 0 Å². The molecule has 7 heteroatoms. The summed E-state index contributed by atoms with van der Waals surface area (Å²) < 4.78 is 2.00. The van der Waals surface area contributed by atoms with Crippen molar-refractivity contribution in [1.29, 1.82) is 0 Å². The van der Waals surface area contributed by atoms with E-state index >= 15 is 0 Å². The molecule has 162 valence electrons. The minimum absolute atomic E-state index is 0.119. The summed E-state index contributed by atoms with van der Waals surface area (Å²) in [7, 11) is 0. The molecule has 0 unspecified atom stereocenters. The number of fused-ring (bicyclic) bond motifs is 1. The molecule has 2 aliphatic rings. The van der Waals surface area contributed by atoms with Crippen LogP contribution in [0.3, 0.4) is 0 Å². The lowest BCUT2D eigenvalue weighted by atomic mass is 10.1. The third kappa shape index (κ3) is 3.65. The minimum atomic E-state index is -0.119. The predicted molar refractivity (Wildman–Crippen MR) is 128 cm³/mol. The molecule has 1 saturated heterocycles. The molecule has 1 saturated carbocycles. The van der Waals surface area contributed by atoms with Crippen LogP contribution in [0.2, 0.25) is 0 Å². The zero-order chi connectivity index (χ0) is 21.5. The molecule has 3 aromatic heterocycles. The third-order valence-corrected chi connectivity index (χ3v) is 6.51. The van der Waals surface area contributed by atoms with Gasteiger partial charge < -0.3 is 15.2 Å². The SMILES string of the molecule is O=c1cc(-c2ccc(Nc3ccc(N4CCN(C5CC5)CC4)cc3)c3nccn23)cc[nH]1. The van der Waals surface area contributed by atoms with Crippen LogP contribution in [0.1, 0.15) is 12.8 Å². The van der Waals surface area contributed by atoms with Gasteiger partial charge in [0.15, 0.2) is 5.65 Å². The smallest absolute Gasteiger partial charge is 0.248 e. The average Bonchev–Trinajstić information content (AvgIpc) is 3.56. The summed E-state index contributed by atoms with van der Waals surface area (Å²) in [5.41, 5.74) is 5.72. The Morgan fingerprint density at radius 3 is 2.53 bits per heavy atom. The first-order valence-electron chi connectivity index (χ1n) is 11.3. The Morgan fingerprint density at radius 1 is 0.969 bits per heavy atom. The lowest BCUT2D eigenvalue weighted by Gasteiger charge is -2.36. The molecule has 0 spiro atoms. The highest BCUT2D eigenvalue weighted by molar-refractivity contribution is 5.78. The monoisotopic (exact) mass is 426 g/mol.